The molecule has 0 atom stereocenters. The number of nitrogens with two attached hydrogens (primary N) is 1. The number of ether oxygens (including phenoxy) is 1. The van der Waals surface area contributed by atoms with Crippen LogP contribution in [0.1, 0.15) is 17.3 Å². The molecule has 0 unspecified atom stereocenters. The van der Waals surface area contributed by atoms with E-state index in [1.165, 1.54) is 10.6 Å². The van der Waals surface area contributed by atoms with Crippen molar-refractivity contribution < 1.29 is 18.3 Å². The monoisotopic (exact) mass is 413 g/mol. The number of hydrogen-bond donors (Lipinski definition) is 1. The van der Waals surface area contributed by atoms with Gasteiger partial charge in [0.15, 0.2) is 11.0 Å². The molecule has 0 fully saturated rings. The zero-order chi connectivity index (χ0) is 19.9. The molecular formula is C17H11Cl2F2N3O3. The number of aromatic nitrogens is 2. The molecule has 0 aliphatic carbocycles. The van der Waals surface area contributed by atoms with Crippen LogP contribution in [0.4, 0.5) is 14.5 Å². The Morgan fingerprint density at radius 1 is 1.26 bits per heavy atom. The van der Waals surface area contributed by atoms with Gasteiger partial charge >= 0.3 is 5.97 Å². The van der Waals surface area contributed by atoms with Crippen LogP contribution in [-0.4, -0.2) is 22.1 Å². The molecular weight excluding hydrogens is 403 g/mol. The van der Waals surface area contributed by atoms with Crippen molar-refractivity contribution in [1.29, 1.82) is 0 Å². The van der Waals surface area contributed by atoms with E-state index in [2.05, 4.69) is 4.98 Å². The maximum Gasteiger partial charge on any atom is 0.343 e. The summed E-state index contributed by atoms with van der Waals surface area (Å²) in [6.07, 6.45) is 1.11. The number of esters is 1. The Morgan fingerprint density at radius 2 is 1.96 bits per heavy atom. The smallest absolute Gasteiger partial charge is 0.343 e. The van der Waals surface area contributed by atoms with Crippen molar-refractivity contribution in [1.82, 2.24) is 9.55 Å². The molecule has 2 N–H and O–H groups in total. The minimum Gasteiger partial charge on any atom is -0.462 e. The van der Waals surface area contributed by atoms with Gasteiger partial charge in [0.1, 0.15) is 17.0 Å². The third-order valence-corrected chi connectivity index (χ3v) is 4.28. The fraction of sp³-hybridized carbons (Fsp3) is 0.118. The molecule has 0 bridgehead atoms. The van der Waals surface area contributed by atoms with Gasteiger partial charge in [-0.2, -0.15) is 0 Å². The van der Waals surface area contributed by atoms with E-state index in [0.29, 0.717) is 0 Å². The van der Waals surface area contributed by atoms with Gasteiger partial charge in [0.25, 0.3) is 0 Å². The number of benzene rings is 1. The van der Waals surface area contributed by atoms with E-state index < -0.39 is 28.2 Å². The van der Waals surface area contributed by atoms with Gasteiger partial charge in [-0.15, -0.1) is 0 Å². The summed E-state index contributed by atoms with van der Waals surface area (Å²) in [4.78, 5) is 28.6. The van der Waals surface area contributed by atoms with Crippen LogP contribution in [0.25, 0.3) is 16.7 Å². The fourth-order valence-electron chi connectivity index (χ4n) is 2.48. The minimum absolute atomic E-state index is 0.0216. The van der Waals surface area contributed by atoms with Crippen LogP contribution in [0.2, 0.25) is 10.2 Å². The third kappa shape index (κ3) is 3.33. The maximum absolute atomic E-state index is 13.9. The van der Waals surface area contributed by atoms with Gasteiger partial charge in [-0.3, -0.25) is 9.36 Å². The normalized spacial score (nSPS) is 11.0. The Hall–Kier alpha value is -2.71. The predicted octanol–water partition coefficient (Wildman–Crippen LogP) is 3.73. The molecule has 3 aromatic rings. The van der Waals surface area contributed by atoms with Gasteiger partial charge < -0.3 is 10.5 Å². The van der Waals surface area contributed by atoms with E-state index in [1.807, 2.05) is 0 Å². The van der Waals surface area contributed by atoms with E-state index >= 15 is 0 Å². The molecule has 10 heteroatoms. The molecule has 0 aliphatic heterocycles. The number of halogens is 4. The molecule has 27 heavy (non-hydrogen) atoms. The largest absolute Gasteiger partial charge is 0.462 e. The van der Waals surface area contributed by atoms with Crippen molar-refractivity contribution in [3.63, 3.8) is 0 Å². The molecule has 0 saturated carbocycles. The van der Waals surface area contributed by atoms with Gasteiger partial charge in [-0.1, -0.05) is 23.2 Å². The van der Waals surface area contributed by atoms with Crippen LogP contribution in [0.15, 0.2) is 29.2 Å². The zero-order valence-corrected chi connectivity index (χ0v) is 15.2. The van der Waals surface area contributed by atoms with Gasteiger partial charge in [0.2, 0.25) is 5.43 Å². The van der Waals surface area contributed by atoms with Crippen molar-refractivity contribution in [3.8, 4) is 5.69 Å². The summed E-state index contributed by atoms with van der Waals surface area (Å²) in [5, 5.41) is -0.809. The summed E-state index contributed by atoms with van der Waals surface area (Å²) in [6.45, 7) is 1.59. The van der Waals surface area contributed by atoms with Crippen LogP contribution in [-0.2, 0) is 4.74 Å². The van der Waals surface area contributed by atoms with Gasteiger partial charge in [0.05, 0.1) is 28.4 Å². The summed E-state index contributed by atoms with van der Waals surface area (Å²) in [5.41, 5.74) is 4.21. The van der Waals surface area contributed by atoms with Gasteiger partial charge in [-0.05, 0) is 25.1 Å². The van der Waals surface area contributed by atoms with Crippen LogP contribution >= 0.6 is 23.2 Å². The predicted molar refractivity (Wildman–Crippen MR) is 97.6 cm³/mol. The number of nitrogens with zero attached hydrogens (tertiary/aromatic N) is 2. The lowest BCUT2D eigenvalue weighted by Gasteiger charge is -2.15. The molecule has 0 aliphatic rings. The standard InChI is InChI=1S/C17H11Cl2F2N3O3/c1-2-27-17(26)8-6-24(13-5-12(22)10(20)4-9(13)18)16-7(14(8)25)3-11(21)15(19)23-16/h3-6H,2,22H2,1H3. The van der Waals surface area contributed by atoms with Crippen molar-refractivity contribution in [2.45, 2.75) is 6.92 Å². The molecule has 0 radical (unpaired) electrons. The Kier molecular flexibility index (Phi) is 5.03. The van der Waals surface area contributed by atoms with Gasteiger partial charge in [0, 0.05) is 6.20 Å². The molecule has 2 aromatic heterocycles. The molecule has 140 valence electrons. The summed E-state index contributed by atoms with van der Waals surface area (Å²) in [7, 11) is 0. The average Bonchev–Trinajstić information content (AvgIpc) is 2.61. The number of fused-ring (bicyclic) bond motifs is 1. The number of nitrogen functional groups attached to an aromatic ring is 1. The minimum atomic E-state index is -0.946. The average molecular weight is 414 g/mol. The third-order valence-electron chi connectivity index (χ3n) is 3.71. The topological polar surface area (TPSA) is 87.2 Å². The molecule has 1 aromatic carbocycles. The highest BCUT2D eigenvalue weighted by molar-refractivity contribution is 6.32. The van der Waals surface area contributed by atoms with Crippen molar-refractivity contribution in [3.05, 3.63) is 62.0 Å². The first-order valence-corrected chi connectivity index (χ1v) is 8.33. The highest BCUT2D eigenvalue weighted by Gasteiger charge is 2.21. The fourth-order valence-corrected chi connectivity index (χ4v) is 2.85. The lowest BCUT2D eigenvalue weighted by atomic mass is 10.1. The van der Waals surface area contributed by atoms with Crippen LogP contribution in [0.3, 0.4) is 0 Å². The maximum atomic E-state index is 13.9. The zero-order valence-electron chi connectivity index (χ0n) is 13.7. The van der Waals surface area contributed by atoms with E-state index in [9.17, 15) is 18.4 Å². The Bertz CT molecular complexity index is 1150. The second kappa shape index (κ2) is 7.13. The summed E-state index contributed by atoms with van der Waals surface area (Å²) in [5.74, 6) is -2.62. The number of carbonyl (C=O) groups excluding carboxylic acids is 1. The molecule has 0 saturated heterocycles. The summed E-state index contributed by atoms with van der Waals surface area (Å²) in [6, 6.07) is 3.01. The first kappa shape index (κ1) is 19.1. The number of pyridine rings is 2. The lowest BCUT2D eigenvalue weighted by Crippen LogP contribution is -2.21. The van der Waals surface area contributed by atoms with Crippen molar-refractivity contribution in [2.24, 2.45) is 0 Å². The Labute approximate surface area is 161 Å². The quantitative estimate of drug-likeness (QED) is 0.401. The second-order valence-electron chi connectivity index (χ2n) is 5.42. The summed E-state index contributed by atoms with van der Waals surface area (Å²) < 4.78 is 33.6. The highest BCUT2D eigenvalue weighted by atomic mass is 35.5. The first-order chi connectivity index (χ1) is 12.7. The molecule has 2 heterocycles. The van der Waals surface area contributed by atoms with Crippen molar-refractivity contribution in [2.75, 3.05) is 12.3 Å². The number of carbonyl (C=O) groups is 1. The van der Waals surface area contributed by atoms with Crippen LogP contribution in [0, 0.1) is 11.6 Å². The van der Waals surface area contributed by atoms with Crippen LogP contribution in [0.5, 0.6) is 0 Å². The Balaban J connectivity index is 2.46. The van der Waals surface area contributed by atoms with Gasteiger partial charge in [-0.25, -0.2) is 18.6 Å². The molecule has 3 rings (SSSR count). The SMILES string of the molecule is CCOC(=O)c1cn(-c2cc(N)c(F)cc2Cl)c2nc(Cl)c(F)cc2c1=O. The Morgan fingerprint density at radius 3 is 2.63 bits per heavy atom. The molecule has 0 spiro atoms. The van der Waals surface area contributed by atoms with Crippen LogP contribution < -0.4 is 11.2 Å². The van der Waals surface area contributed by atoms with E-state index in [0.717, 1.165) is 18.3 Å². The number of anilines is 1. The van der Waals surface area contributed by atoms with E-state index in [4.69, 9.17) is 33.7 Å². The summed E-state index contributed by atoms with van der Waals surface area (Å²) >= 11 is 11.8. The second-order valence-corrected chi connectivity index (χ2v) is 6.18. The molecule has 6 nitrogen and oxygen atoms in total. The van der Waals surface area contributed by atoms with E-state index in [1.54, 1.807) is 6.92 Å². The van der Waals surface area contributed by atoms with E-state index in [-0.39, 0.29) is 39.6 Å². The lowest BCUT2D eigenvalue weighted by molar-refractivity contribution is 0.0524. The van der Waals surface area contributed by atoms with Crippen molar-refractivity contribution >= 4 is 45.9 Å². The number of hydrogen-bond acceptors (Lipinski definition) is 5. The first-order valence-electron chi connectivity index (χ1n) is 7.58. The molecule has 0 amide bonds. The highest BCUT2D eigenvalue weighted by Crippen LogP contribution is 2.29. The number of rotatable bonds is 3.